The fourth-order valence-corrected chi connectivity index (χ4v) is 2.75. The van der Waals surface area contributed by atoms with E-state index in [1.165, 1.54) is 4.57 Å². The number of para-hydroxylation sites is 1. The molecular weight excluding hydrogens is 290 g/mol. The molecule has 0 fully saturated rings. The van der Waals surface area contributed by atoms with E-state index in [0.29, 0.717) is 17.7 Å². The van der Waals surface area contributed by atoms with E-state index < -0.39 is 5.56 Å². The predicted molar refractivity (Wildman–Crippen MR) is 90.0 cm³/mol. The van der Waals surface area contributed by atoms with Gasteiger partial charge in [-0.2, -0.15) is 5.26 Å². The molecule has 0 unspecified atom stereocenters. The number of rotatable bonds is 2. The second kappa shape index (κ2) is 5.58. The van der Waals surface area contributed by atoms with Gasteiger partial charge in [-0.3, -0.25) is 14.4 Å². The molecule has 0 saturated heterocycles. The van der Waals surface area contributed by atoms with Gasteiger partial charge in [0.2, 0.25) is 5.88 Å². The second-order valence-corrected chi connectivity index (χ2v) is 5.27. The van der Waals surface area contributed by atoms with Gasteiger partial charge >= 0.3 is 0 Å². The van der Waals surface area contributed by atoms with Gasteiger partial charge in [0.1, 0.15) is 11.6 Å². The van der Waals surface area contributed by atoms with Gasteiger partial charge in [0.05, 0.1) is 5.69 Å². The Balaban J connectivity index is 2.27. The van der Waals surface area contributed by atoms with Crippen LogP contribution >= 0.6 is 0 Å². The quantitative estimate of drug-likeness (QED) is 0.926. The van der Waals surface area contributed by atoms with Crippen LogP contribution < -0.4 is 5.56 Å². The molecule has 5 nitrogen and oxygen atoms in total. The molecule has 5 heteroatoms. The highest BCUT2D eigenvalue weighted by Gasteiger charge is 2.19. The molecule has 1 N–H and O–H groups in total. The van der Waals surface area contributed by atoms with Crippen molar-refractivity contribution < 1.29 is 5.11 Å². The second-order valence-electron chi connectivity index (χ2n) is 5.27. The minimum Gasteiger partial charge on any atom is -0.494 e. The molecule has 0 radical (unpaired) electrons. The van der Waals surface area contributed by atoms with Crippen LogP contribution in [0.15, 0.2) is 34.1 Å². The molecule has 1 aliphatic heterocycles. The van der Waals surface area contributed by atoms with E-state index in [4.69, 9.17) is 0 Å². The Hall–Kier alpha value is -3.13. The molecule has 2 aromatic rings. The topological polar surface area (TPSA) is 78.4 Å². The zero-order valence-corrected chi connectivity index (χ0v) is 12.9. The van der Waals surface area contributed by atoms with Crippen LogP contribution in [0.2, 0.25) is 0 Å². The number of hydrogen-bond donors (Lipinski definition) is 1. The van der Waals surface area contributed by atoms with Crippen LogP contribution in [-0.4, -0.2) is 15.9 Å². The fourth-order valence-electron chi connectivity index (χ4n) is 2.75. The number of nitriles is 1. The van der Waals surface area contributed by atoms with Crippen LogP contribution in [-0.2, 0) is 6.54 Å². The number of pyridine rings is 1. The first-order valence-corrected chi connectivity index (χ1v) is 7.30. The van der Waals surface area contributed by atoms with E-state index in [-0.39, 0.29) is 11.4 Å². The number of benzene rings is 1. The summed E-state index contributed by atoms with van der Waals surface area (Å²) in [6.45, 7) is 3.71. The molecular formula is C18H15N3O2. The summed E-state index contributed by atoms with van der Waals surface area (Å²) in [5, 5.41) is 19.7. The fraction of sp³-hybridized carbons (Fsp3) is 0.167. The Morgan fingerprint density at radius 1 is 1.39 bits per heavy atom. The van der Waals surface area contributed by atoms with Gasteiger partial charge < -0.3 is 5.11 Å². The van der Waals surface area contributed by atoms with Crippen molar-refractivity contribution in [3.8, 4) is 11.9 Å². The molecule has 0 saturated carbocycles. The first-order chi connectivity index (χ1) is 11.1. The lowest BCUT2D eigenvalue weighted by Crippen LogP contribution is -2.24. The van der Waals surface area contributed by atoms with Crippen LogP contribution in [0.5, 0.6) is 5.88 Å². The average molecular weight is 305 g/mol. The van der Waals surface area contributed by atoms with E-state index in [9.17, 15) is 15.2 Å². The number of fused-ring (bicyclic) bond motifs is 1. The number of aromatic hydroxyl groups is 1. The van der Waals surface area contributed by atoms with E-state index in [2.05, 4.69) is 4.99 Å². The molecule has 1 aromatic heterocycles. The summed E-state index contributed by atoms with van der Waals surface area (Å²) in [4.78, 5) is 16.5. The van der Waals surface area contributed by atoms with Crippen molar-refractivity contribution in [2.75, 3.05) is 0 Å². The van der Waals surface area contributed by atoms with Crippen LogP contribution in [0.4, 0.5) is 5.69 Å². The summed E-state index contributed by atoms with van der Waals surface area (Å²) in [7, 11) is 0. The zero-order chi connectivity index (χ0) is 16.6. The minimum absolute atomic E-state index is 0.0553. The Morgan fingerprint density at radius 3 is 2.83 bits per heavy atom. The van der Waals surface area contributed by atoms with E-state index in [1.807, 2.05) is 30.3 Å². The molecule has 0 amide bonds. The highest BCUT2D eigenvalue weighted by molar-refractivity contribution is 6.21. The monoisotopic (exact) mass is 305 g/mol. The summed E-state index contributed by atoms with van der Waals surface area (Å²) in [5.41, 5.74) is 3.20. The van der Waals surface area contributed by atoms with Crippen LogP contribution in [0, 0.1) is 18.3 Å². The summed E-state index contributed by atoms with van der Waals surface area (Å²) in [6, 6.07) is 9.63. The third-order valence-corrected chi connectivity index (χ3v) is 4.02. The van der Waals surface area contributed by atoms with E-state index in [1.54, 1.807) is 26.1 Å². The first-order valence-electron chi connectivity index (χ1n) is 7.30. The maximum Gasteiger partial charge on any atom is 0.271 e. The zero-order valence-electron chi connectivity index (χ0n) is 12.9. The van der Waals surface area contributed by atoms with Crippen LogP contribution in [0.25, 0.3) is 11.6 Å². The number of aromatic nitrogens is 1. The summed E-state index contributed by atoms with van der Waals surface area (Å²) >= 11 is 0. The van der Waals surface area contributed by atoms with Gasteiger partial charge in [0.15, 0.2) is 0 Å². The van der Waals surface area contributed by atoms with Gasteiger partial charge in [0, 0.05) is 29.5 Å². The lowest BCUT2D eigenvalue weighted by Gasteiger charge is -2.13. The predicted octanol–water partition coefficient (Wildman–Crippen LogP) is 3.01. The molecule has 1 aliphatic rings. The lowest BCUT2D eigenvalue weighted by atomic mass is 10.00. The number of allylic oxidation sites excluding steroid dienone is 1. The molecule has 0 aliphatic carbocycles. The Morgan fingerprint density at radius 2 is 2.13 bits per heavy atom. The summed E-state index contributed by atoms with van der Waals surface area (Å²) in [5.74, 6) is -0.126. The Bertz CT molecular complexity index is 959. The standard InChI is InChI=1S/C18H15N3O2/c1-3-21-17(22)14(11(2)15(9-19)18(21)23)8-12-10-20-16-7-5-4-6-13(12)16/h4-8,10,22H,3H2,1-2H3. The molecule has 0 bridgehead atoms. The number of nitrogens with zero attached hydrogens (tertiary/aromatic N) is 3. The Labute approximate surface area is 133 Å². The van der Waals surface area contributed by atoms with Crippen LogP contribution in [0.1, 0.15) is 29.2 Å². The molecule has 0 atom stereocenters. The molecule has 0 spiro atoms. The summed E-state index contributed by atoms with van der Waals surface area (Å²) < 4.78 is 1.20. The average Bonchev–Trinajstić information content (AvgIpc) is 2.95. The minimum atomic E-state index is -0.465. The molecule has 114 valence electrons. The maximum absolute atomic E-state index is 12.2. The molecule has 3 rings (SSSR count). The normalized spacial score (nSPS) is 14.0. The molecule has 1 aromatic carbocycles. The largest absolute Gasteiger partial charge is 0.494 e. The lowest BCUT2D eigenvalue weighted by molar-refractivity contribution is 0.409. The maximum atomic E-state index is 12.2. The van der Waals surface area contributed by atoms with Gasteiger partial charge in [0.25, 0.3) is 5.56 Å². The highest BCUT2D eigenvalue weighted by atomic mass is 16.3. The number of hydrogen-bond acceptors (Lipinski definition) is 4. The van der Waals surface area contributed by atoms with Crippen molar-refractivity contribution >= 4 is 23.6 Å². The molecule has 23 heavy (non-hydrogen) atoms. The Kier molecular flexibility index (Phi) is 3.59. The van der Waals surface area contributed by atoms with E-state index >= 15 is 0 Å². The van der Waals surface area contributed by atoms with Crippen molar-refractivity contribution in [2.24, 2.45) is 4.99 Å². The molecule has 2 heterocycles. The van der Waals surface area contributed by atoms with Crippen molar-refractivity contribution in [3.05, 3.63) is 56.9 Å². The van der Waals surface area contributed by atoms with Crippen molar-refractivity contribution in [2.45, 2.75) is 20.4 Å². The SMILES string of the molecule is CCn1c(O)c(C=C2C=Nc3ccccc32)c(C)c(C#N)c1=O. The smallest absolute Gasteiger partial charge is 0.271 e. The van der Waals surface area contributed by atoms with Gasteiger partial charge in [-0.15, -0.1) is 0 Å². The third-order valence-electron chi connectivity index (χ3n) is 4.02. The van der Waals surface area contributed by atoms with Gasteiger partial charge in [-0.25, -0.2) is 0 Å². The van der Waals surface area contributed by atoms with Crippen molar-refractivity contribution in [3.63, 3.8) is 0 Å². The first kappa shape index (κ1) is 14.8. The van der Waals surface area contributed by atoms with Crippen molar-refractivity contribution in [1.29, 1.82) is 5.26 Å². The van der Waals surface area contributed by atoms with Gasteiger partial charge in [-0.1, -0.05) is 18.2 Å². The third kappa shape index (κ3) is 2.25. The van der Waals surface area contributed by atoms with Crippen LogP contribution in [0.3, 0.4) is 0 Å². The van der Waals surface area contributed by atoms with E-state index in [0.717, 1.165) is 16.8 Å². The van der Waals surface area contributed by atoms with Gasteiger partial charge in [-0.05, 0) is 31.6 Å². The van der Waals surface area contributed by atoms with Crippen molar-refractivity contribution in [1.82, 2.24) is 4.57 Å². The highest BCUT2D eigenvalue weighted by Crippen LogP contribution is 2.34. The number of aliphatic imine (C=N–C) groups is 1. The summed E-state index contributed by atoms with van der Waals surface area (Å²) in [6.07, 6.45) is 3.49.